The lowest BCUT2D eigenvalue weighted by Gasteiger charge is -2.32. The van der Waals surface area contributed by atoms with E-state index >= 15 is 0 Å². The monoisotopic (exact) mass is 490 g/mol. The van der Waals surface area contributed by atoms with Crippen LogP contribution < -0.4 is 10.6 Å². The smallest absolute Gasteiger partial charge is 0.411 e. The van der Waals surface area contributed by atoms with Crippen LogP contribution in [0.3, 0.4) is 0 Å². The summed E-state index contributed by atoms with van der Waals surface area (Å²) >= 11 is 0. The zero-order valence-corrected chi connectivity index (χ0v) is 22.2. The number of aromatic carboxylic acids is 1. The quantitative estimate of drug-likeness (QED) is 0.153. The normalized spacial score (nSPS) is 12.4. The van der Waals surface area contributed by atoms with E-state index < -0.39 is 23.2 Å². The molecule has 1 rings (SSSR count). The average molecular weight is 491 g/mol. The van der Waals surface area contributed by atoms with Crippen molar-refractivity contribution in [1.29, 1.82) is 0 Å². The maximum absolute atomic E-state index is 12.8. The fraction of sp³-hybridized carbons (Fsp3) is 0.593. The molecule has 1 aromatic carbocycles. The summed E-state index contributed by atoms with van der Waals surface area (Å²) in [5, 5.41) is 23.8. The molecule has 8 nitrogen and oxygen atoms in total. The van der Waals surface area contributed by atoms with Gasteiger partial charge < -0.3 is 20.3 Å². The van der Waals surface area contributed by atoms with Crippen molar-refractivity contribution in [3.05, 3.63) is 35.9 Å². The SMILES string of the molecule is CCC(C)(CC)C/C=C\C(C)(C)CC(C)(C)C(=O)NCCOC(=O)Nc1ccc(O)c(C(=O)O)c1. The number of allylic oxidation sites excluding steroid dienone is 2. The molecule has 4 N–H and O–H groups in total. The minimum absolute atomic E-state index is 0.0482. The number of amides is 2. The van der Waals surface area contributed by atoms with Gasteiger partial charge in [0.05, 0.1) is 6.54 Å². The molecular weight excluding hydrogens is 448 g/mol. The minimum Gasteiger partial charge on any atom is -0.507 e. The lowest BCUT2D eigenvalue weighted by atomic mass is 9.73. The van der Waals surface area contributed by atoms with Crippen molar-refractivity contribution in [2.24, 2.45) is 16.2 Å². The molecule has 2 amide bonds. The van der Waals surface area contributed by atoms with Crippen LogP contribution in [0.4, 0.5) is 10.5 Å². The summed E-state index contributed by atoms with van der Waals surface area (Å²) in [5.41, 5.74) is -0.636. The molecule has 0 aliphatic heterocycles. The molecule has 0 aromatic heterocycles. The standard InChI is InChI=1S/C27H42N2O6/c1-8-27(7,9-2)14-10-13-25(3,4)18-26(5,6)23(33)28-15-16-35-24(34)29-19-11-12-21(30)20(17-19)22(31)32/h10-13,17,30H,8-9,14-16,18H2,1-7H3,(H,28,33)(H,29,34)(H,31,32)/b13-10-. The van der Waals surface area contributed by atoms with Crippen LogP contribution in [-0.2, 0) is 9.53 Å². The molecule has 0 aliphatic rings. The number of carboxylic acids is 1. The average Bonchev–Trinajstić information content (AvgIpc) is 2.76. The van der Waals surface area contributed by atoms with Crippen molar-refractivity contribution < 1.29 is 29.3 Å². The summed E-state index contributed by atoms with van der Waals surface area (Å²) in [4.78, 5) is 35.8. The predicted molar refractivity (Wildman–Crippen MR) is 138 cm³/mol. The van der Waals surface area contributed by atoms with Gasteiger partial charge in [-0.05, 0) is 41.9 Å². The summed E-state index contributed by atoms with van der Waals surface area (Å²) in [6.07, 6.45) is 7.57. The second-order valence-corrected chi connectivity index (χ2v) is 10.7. The maximum atomic E-state index is 12.8. The Labute approximate surface area is 209 Å². The number of nitrogens with one attached hydrogen (secondary N) is 2. The molecule has 0 bridgehead atoms. The summed E-state index contributed by atoms with van der Waals surface area (Å²) in [6.45, 7) is 14.9. The van der Waals surface area contributed by atoms with Crippen molar-refractivity contribution in [2.75, 3.05) is 18.5 Å². The van der Waals surface area contributed by atoms with Gasteiger partial charge in [0, 0.05) is 11.1 Å². The largest absolute Gasteiger partial charge is 0.507 e. The Hall–Kier alpha value is -3.03. The lowest BCUT2D eigenvalue weighted by Crippen LogP contribution is -2.41. The highest BCUT2D eigenvalue weighted by molar-refractivity contribution is 5.94. The van der Waals surface area contributed by atoms with Gasteiger partial charge in [0.15, 0.2) is 0 Å². The number of hydrogen-bond acceptors (Lipinski definition) is 5. The molecule has 0 aliphatic carbocycles. The Balaban J connectivity index is 2.52. The molecule has 0 unspecified atom stereocenters. The van der Waals surface area contributed by atoms with Crippen LogP contribution in [-0.4, -0.2) is 41.3 Å². The Kier molecular flexibility index (Phi) is 10.8. The molecule has 0 heterocycles. The lowest BCUT2D eigenvalue weighted by molar-refractivity contribution is -0.130. The molecule has 1 aromatic rings. The first-order valence-electron chi connectivity index (χ1n) is 12.1. The van der Waals surface area contributed by atoms with Crippen LogP contribution >= 0.6 is 0 Å². The Bertz CT molecular complexity index is 916. The third-order valence-corrected chi connectivity index (χ3v) is 6.49. The molecule has 0 saturated carbocycles. The number of phenols is 1. The van der Waals surface area contributed by atoms with E-state index in [0.29, 0.717) is 11.8 Å². The number of hydrogen-bond donors (Lipinski definition) is 4. The molecule has 0 atom stereocenters. The Morgan fingerprint density at radius 3 is 2.26 bits per heavy atom. The van der Waals surface area contributed by atoms with Crippen LogP contribution in [0.25, 0.3) is 0 Å². The molecule has 0 spiro atoms. The van der Waals surface area contributed by atoms with Crippen molar-refractivity contribution >= 4 is 23.7 Å². The van der Waals surface area contributed by atoms with E-state index in [4.69, 9.17) is 9.84 Å². The maximum Gasteiger partial charge on any atom is 0.411 e. The molecular formula is C27H42N2O6. The van der Waals surface area contributed by atoms with Crippen LogP contribution in [0.1, 0.15) is 84.5 Å². The number of benzene rings is 1. The number of carbonyl (C=O) groups excluding carboxylic acids is 2. The van der Waals surface area contributed by atoms with Gasteiger partial charge in [-0.25, -0.2) is 9.59 Å². The number of aromatic hydroxyl groups is 1. The van der Waals surface area contributed by atoms with Gasteiger partial charge in [-0.15, -0.1) is 0 Å². The highest BCUT2D eigenvalue weighted by atomic mass is 16.5. The number of anilines is 1. The second-order valence-electron chi connectivity index (χ2n) is 10.7. The van der Waals surface area contributed by atoms with Crippen molar-refractivity contribution in [3.63, 3.8) is 0 Å². The summed E-state index contributed by atoms with van der Waals surface area (Å²) in [7, 11) is 0. The number of carboxylic acid groups (broad SMARTS) is 1. The Morgan fingerprint density at radius 2 is 1.69 bits per heavy atom. The van der Waals surface area contributed by atoms with Gasteiger partial charge >= 0.3 is 12.1 Å². The highest BCUT2D eigenvalue weighted by Gasteiger charge is 2.33. The molecule has 8 heteroatoms. The predicted octanol–water partition coefficient (Wildman–Crippen LogP) is 5.97. The topological polar surface area (TPSA) is 125 Å². The Morgan fingerprint density at radius 1 is 1.06 bits per heavy atom. The van der Waals surface area contributed by atoms with Gasteiger partial charge in [-0.3, -0.25) is 10.1 Å². The van der Waals surface area contributed by atoms with E-state index in [-0.39, 0.29) is 35.7 Å². The second kappa shape index (κ2) is 12.6. The number of carbonyl (C=O) groups is 3. The van der Waals surface area contributed by atoms with Crippen molar-refractivity contribution in [3.8, 4) is 5.75 Å². The molecule has 35 heavy (non-hydrogen) atoms. The first kappa shape index (κ1) is 30.0. The minimum atomic E-state index is -1.32. The fourth-order valence-corrected chi connectivity index (χ4v) is 3.97. The van der Waals surface area contributed by atoms with Crippen LogP contribution in [0.5, 0.6) is 5.75 Å². The van der Waals surface area contributed by atoms with Gasteiger partial charge in [-0.1, -0.05) is 73.5 Å². The number of rotatable bonds is 13. The van der Waals surface area contributed by atoms with Crippen molar-refractivity contribution in [2.45, 2.75) is 74.1 Å². The van der Waals surface area contributed by atoms with E-state index in [9.17, 15) is 19.5 Å². The van der Waals surface area contributed by atoms with E-state index in [1.807, 2.05) is 13.8 Å². The van der Waals surface area contributed by atoms with E-state index in [2.05, 4.69) is 57.4 Å². The van der Waals surface area contributed by atoms with Crippen LogP contribution in [0, 0.1) is 16.2 Å². The van der Waals surface area contributed by atoms with Crippen LogP contribution in [0.2, 0.25) is 0 Å². The van der Waals surface area contributed by atoms with E-state index in [0.717, 1.165) is 25.3 Å². The van der Waals surface area contributed by atoms with Gasteiger partial charge in [0.2, 0.25) is 5.91 Å². The summed E-state index contributed by atoms with van der Waals surface area (Å²) < 4.78 is 5.06. The highest BCUT2D eigenvalue weighted by Crippen LogP contribution is 2.36. The third kappa shape index (κ3) is 10.0. The summed E-state index contributed by atoms with van der Waals surface area (Å²) in [5.74, 6) is -1.84. The van der Waals surface area contributed by atoms with Crippen molar-refractivity contribution in [1.82, 2.24) is 5.32 Å². The first-order chi connectivity index (χ1) is 16.1. The first-order valence-corrected chi connectivity index (χ1v) is 12.1. The van der Waals surface area contributed by atoms with E-state index in [1.54, 1.807) is 0 Å². The zero-order chi connectivity index (χ0) is 26.9. The fourth-order valence-electron chi connectivity index (χ4n) is 3.97. The van der Waals surface area contributed by atoms with Gasteiger partial charge in [0.25, 0.3) is 0 Å². The van der Waals surface area contributed by atoms with E-state index in [1.165, 1.54) is 12.1 Å². The van der Waals surface area contributed by atoms with Gasteiger partial charge in [0.1, 0.15) is 17.9 Å². The molecule has 0 fully saturated rings. The number of ether oxygens (including phenoxy) is 1. The molecule has 0 saturated heterocycles. The summed E-state index contributed by atoms with van der Waals surface area (Å²) in [6, 6.07) is 3.66. The van der Waals surface area contributed by atoms with Crippen LogP contribution in [0.15, 0.2) is 30.4 Å². The van der Waals surface area contributed by atoms with Gasteiger partial charge in [-0.2, -0.15) is 0 Å². The molecule has 0 radical (unpaired) electrons. The third-order valence-electron chi connectivity index (χ3n) is 6.49. The molecule has 196 valence electrons. The zero-order valence-electron chi connectivity index (χ0n) is 22.2.